The molecule has 2 rings (SSSR count). The smallest absolute Gasteiger partial charge is 0.316 e. The number of benzene rings is 1. The van der Waals surface area contributed by atoms with Crippen molar-refractivity contribution in [1.82, 2.24) is 10.2 Å². The van der Waals surface area contributed by atoms with Crippen LogP contribution in [0.5, 0.6) is 5.75 Å². The van der Waals surface area contributed by atoms with E-state index in [1.807, 2.05) is 0 Å². The van der Waals surface area contributed by atoms with Crippen molar-refractivity contribution < 1.29 is 27.5 Å². The van der Waals surface area contributed by atoms with Crippen LogP contribution in [0.25, 0.3) is 0 Å². The third-order valence-corrected chi connectivity index (χ3v) is 7.32. The highest BCUT2D eigenvalue weighted by atomic mass is 35.5. The summed E-state index contributed by atoms with van der Waals surface area (Å²) in [5.74, 6) is -0.571. The van der Waals surface area contributed by atoms with Crippen LogP contribution in [0.2, 0.25) is 5.02 Å². The second kappa shape index (κ2) is 11.0. The Morgan fingerprint density at radius 2 is 2.03 bits per heavy atom. The lowest BCUT2D eigenvalue weighted by Gasteiger charge is -2.30. The van der Waals surface area contributed by atoms with Gasteiger partial charge in [0, 0.05) is 0 Å². The average Bonchev–Trinajstić information content (AvgIpc) is 3.16. The first kappa shape index (κ1) is 25.2. The molecule has 0 aliphatic carbocycles. The number of methoxy groups -OCH3 is 2. The molecule has 31 heavy (non-hydrogen) atoms. The number of sulfonamides is 1. The van der Waals surface area contributed by atoms with Crippen LogP contribution < -0.4 is 14.4 Å². The fourth-order valence-electron chi connectivity index (χ4n) is 2.54. The monoisotopic (exact) mass is 508 g/mol. The molecule has 0 aliphatic rings. The van der Waals surface area contributed by atoms with Crippen molar-refractivity contribution in [2.24, 2.45) is 0 Å². The van der Waals surface area contributed by atoms with Crippen LogP contribution in [0.4, 0.5) is 10.8 Å². The number of halogens is 1. The number of ether oxygens (including phenoxy) is 2. The quantitative estimate of drug-likeness (QED) is 0.292. The first-order valence-corrected chi connectivity index (χ1v) is 12.8. The van der Waals surface area contributed by atoms with Crippen molar-refractivity contribution in [2.75, 3.05) is 35.9 Å². The topological polar surface area (TPSA) is 128 Å². The fraction of sp³-hybridized carbons (Fsp3) is 0.412. The molecule has 2 aromatic rings. The first-order chi connectivity index (χ1) is 14.6. The second-order valence-electron chi connectivity index (χ2n) is 6.03. The molecule has 1 aromatic carbocycles. The number of amides is 1. The number of aromatic nitrogens is 2. The highest BCUT2D eigenvalue weighted by Gasteiger charge is 2.32. The maximum absolute atomic E-state index is 12.9. The van der Waals surface area contributed by atoms with Crippen molar-refractivity contribution >= 4 is 67.4 Å². The van der Waals surface area contributed by atoms with Crippen molar-refractivity contribution in [1.29, 1.82) is 0 Å². The number of carbonyl (C=O) groups is 2. The Labute approximate surface area is 193 Å². The zero-order chi connectivity index (χ0) is 23.2. The van der Waals surface area contributed by atoms with E-state index in [1.165, 1.54) is 32.4 Å². The van der Waals surface area contributed by atoms with Crippen LogP contribution in [0.15, 0.2) is 22.5 Å². The predicted octanol–water partition coefficient (Wildman–Crippen LogP) is 2.65. The molecule has 1 aromatic heterocycles. The number of nitrogens with one attached hydrogen (secondary N) is 1. The summed E-state index contributed by atoms with van der Waals surface area (Å²) in [4.78, 5) is 24.1. The van der Waals surface area contributed by atoms with E-state index in [0.717, 1.165) is 33.7 Å². The van der Waals surface area contributed by atoms with Crippen molar-refractivity contribution in [3.05, 3.63) is 23.2 Å². The van der Waals surface area contributed by atoms with Crippen LogP contribution in [-0.4, -0.2) is 62.8 Å². The molecule has 0 saturated carbocycles. The van der Waals surface area contributed by atoms with E-state index in [2.05, 4.69) is 20.3 Å². The molecule has 1 heterocycles. The minimum atomic E-state index is -3.83. The number of carbonyl (C=O) groups excluding carboxylic acids is 2. The van der Waals surface area contributed by atoms with Gasteiger partial charge in [0.2, 0.25) is 21.1 Å². The van der Waals surface area contributed by atoms with Crippen molar-refractivity contribution in [3.8, 4) is 5.75 Å². The summed E-state index contributed by atoms with van der Waals surface area (Å²) in [5.41, 5.74) is 0.224. The van der Waals surface area contributed by atoms with Crippen LogP contribution >= 0.6 is 34.7 Å². The summed E-state index contributed by atoms with van der Waals surface area (Å²) in [6, 6.07) is 3.39. The molecule has 0 aliphatic heterocycles. The number of esters is 1. The summed E-state index contributed by atoms with van der Waals surface area (Å²) < 4.78 is 36.2. The molecule has 0 bridgehead atoms. The highest BCUT2D eigenvalue weighted by molar-refractivity contribution is 8.01. The molecule has 170 valence electrons. The number of anilines is 2. The molecule has 1 atom stereocenters. The molecule has 0 spiro atoms. The van der Waals surface area contributed by atoms with Crippen molar-refractivity contribution in [2.45, 2.75) is 23.7 Å². The third kappa shape index (κ3) is 6.69. The third-order valence-electron chi connectivity index (χ3n) is 3.90. The lowest BCUT2D eigenvalue weighted by Crippen LogP contribution is -2.47. The van der Waals surface area contributed by atoms with Gasteiger partial charge in [0.05, 0.1) is 36.9 Å². The van der Waals surface area contributed by atoms with Crippen LogP contribution in [0.3, 0.4) is 0 Å². The van der Waals surface area contributed by atoms with Gasteiger partial charge in [-0.15, -0.1) is 10.2 Å². The molecule has 1 N–H and O–H groups in total. The van der Waals surface area contributed by atoms with E-state index < -0.39 is 27.9 Å². The Kier molecular flexibility index (Phi) is 8.91. The first-order valence-electron chi connectivity index (χ1n) is 8.77. The van der Waals surface area contributed by atoms with E-state index in [-0.39, 0.29) is 28.0 Å². The molecule has 10 nitrogen and oxygen atoms in total. The van der Waals surface area contributed by atoms with Crippen molar-refractivity contribution in [3.63, 3.8) is 0 Å². The van der Waals surface area contributed by atoms with Crippen LogP contribution in [-0.2, 0) is 24.3 Å². The van der Waals surface area contributed by atoms with Gasteiger partial charge in [-0.2, -0.15) is 0 Å². The Balaban J connectivity index is 2.24. The number of rotatable bonds is 10. The van der Waals surface area contributed by atoms with Gasteiger partial charge in [-0.05, 0) is 24.6 Å². The summed E-state index contributed by atoms with van der Waals surface area (Å²) in [6.45, 7) is 1.69. The van der Waals surface area contributed by atoms with Gasteiger partial charge < -0.3 is 9.47 Å². The van der Waals surface area contributed by atoms with Crippen LogP contribution in [0, 0.1) is 0 Å². The van der Waals surface area contributed by atoms with Gasteiger partial charge >= 0.3 is 5.97 Å². The average molecular weight is 509 g/mol. The summed E-state index contributed by atoms with van der Waals surface area (Å²) in [6.07, 6.45) is 1.19. The number of nitrogens with zero attached hydrogens (tertiary/aromatic N) is 3. The summed E-state index contributed by atoms with van der Waals surface area (Å²) in [5, 5.41) is 10.7. The van der Waals surface area contributed by atoms with Gasteiger partial charge in [0.1, 0.15) is 11.8 Å². The number of hydrogen-bond donors (Lipinski definition) is 1. The van der Waals surface area contributed by atoms with Gasteiger partial charge in [0.25, 0.3) is 0 Å². The minimum absolute atomic E-state index is 0.0523. The maximum Gasteiger partial charge on any atom is 0.316 e. The fourth-order valence-corrected chi connectivity index (χ4v) is 5.58. The van der Waals surface area contributed by atoms with Gasteiger partial charge in [-0.25, -0.2) is 8.42 Å². The zero-order valence-corrected chi connectivity index (χ0v) is 20.3. The number of thioether (sulfide) groups is 1. The van der Waals surface area contributed by atoms with E-state index in [9.17, 15) is 18.0 Å². The highest BCUT2D eigenvalue weighted by Crippen LogP contribution is 2.32. The molecule has 1 amide bonds. The molecule has 1 unspecified atom stereocenters. The molecule has 0 fully saturated rings. The van der Waals surface area contributed by atoms with E-state index in [0.29, 0.717) is 10.1 Å². The summed E-state index contributed by atoms with van der Waals surface area (Å²) in [7, 11) is -1.11. The van der Waals surface area contributed by atoms with Gasteiger partial charge in [-0.3, -0.25) is 19.2 Å². The van der Waals surface area contributed by atoms with E-state index >= 15 is 0 Å². The van der Waals surface area contributed by atoms with Gasteiger partial charge in [0.15, 0.2) is 4.34 Å². The predicted molar refractivity (Wildman–Crippen MR) is 121 cm³/mol. The lowest BCUT2D eigenvalue weighted by atomic mass is 10.2. The largest absolute Gasteiger partial charge is 0.495 e. The SMILES string of the molecule is CCC(C(=O)Nc1nnc(SCC(=O)OC)s1)N(c1ccc(OC)c(Cl)c1)S(C)(=O)=O. The Morgan fingerprint density at radius 3 is 2.58 bits per heavy atom. The maximum atomic E-state index is 12.9. The zero-order valence-electron chi connectivity index (χ0n) is 17.1. The summed E-state index contributed by atoms with van der Waals surface area (Å²) >= 11 is 8.32. The van der Waals surface area contributed by atoms with E-state index in [1.54, 1.807) is 6.92 Å². The molecular weight excluding hydrogens is 488 g/mol. The lowest BCUT2D eigenvalue weighted by molar-refractivity contribution is -0.137. The Morgan fingerprint density at radius 1 is 1.32 bits per heavy atom. The second-order valence-corrected chi connectivity index (χ2v) is 10.5. The van der Waals surface area contributed by atoms with Crippen LogP contribution in [0.1, 0.15) is 13.3 Å². The van der Waals surface area contributed by atoms with Gasteiger partial charge in [-0.1, -0.05) is 41.6 Å². The standard InChI is InChI=1S/C17H21ClN4O6S3/c1-5-12(15(24)19-16-20-21-17(30-16)29-9-14(23)28-3)22(31(4,25)26)10-6-7-13(27-2)11(18)8-10/h6-8,12H,5,9H2,1-4H3,(H,19,20,24). The molecule has 0 radical (unpaired) electrons. The van der Waals surface area contributed by atoms with E-state index in [4.69, 9.17) is 16.3 Å². The normalized spacial score (nSPS) is 12.2. The Bertz CT molecular complexity index is 1050. The molecular formula is C17H21ClN4O6S3. The molecule has 0 saturated heterocycles. The number of hydrogen-bond acceptors (Lipinski definition) is 10. The Hall–Kier alpha value is -2.09. The molecule has 14 heteroatoms. The minimum Gasteiger partial charge on any atom is -0.495 e.